The second-order valence-corrected chi connectivity index (χ2v) is 6.63. The molecule has 3 rings (SSSR count). The molecule has 1 heterocycles. The summed E-state index contributed by atoms with van der Waals surface area (Å²) in [5.74, 6) is -2.54. The van der Waals surface area contributed by atoms with Crippen LogP contribution in [0.15, 0.2) is 36.4 Å². The number of aliphatic hydroxyl groups is 1. The zero-order valence-electron chi connectivity index (χ0n) is 14.7. The van der Waals surface area contributed by atoms with Gasteiger partial charge in [0.15, 0.2) is 11.6 Å². The van der Waals surface area contributed by atoms with Crippen molar-refractivity contribution in [2.45, 2.75) is 32.0 Å². The summed E-state index contributed by atoms with van der Waals surface area (Å²) in [5.41, 5.74) is 1.50. The molecule has 0 spiro atoms. The van der Waals surface area contributed by atoms with Crippen LogP contribution in [0.4, 0.5) is 24.5 Å². The molecule has 0 aromatic heterocycles. The SMILES string of the molecule is O=C(Nc1ccc(F)c(F)c1)c1ccc(CF)c(N2CCCC(O)CC2)c1. The van der Waals surface area contributed by atoms with Crippen LogP contribution in [0.3, 0.4) is 0 Å². The van der Waals surface area contributed by atoms with E-state index in [1.807, 2.05) is 4.90 Å². The van der Waals surface area contributed by atoms with Crippen LogP contribution in [0, 0.1) is 11.6 Å². The van der Waals surface area contributed by atoms with Crippen molar-refractivity contribution in [3.63, 3.8) is 0 Å². The Morgan fingerprint density at radius 2 is 1.93 bits per heavy atom. The third kappa shape index (κ3) is 4.60. The molecule has 7 heteroatoms. The maximum absolute atomic E-state index is 13.4. The van der Waals surface area contributed by atoms with Crippen molar-refractivity contribution >= 4 is 17.3 Å². The van der Waals surface area contributed by atoms with E-state index in [1.165, 1.54) is 12.1 Å². The molecule has 1 aliphatic rings. The fraction of sp³-hybridized carbons (Fsp3) is 0.350. The summed E-state index contributed by atoms with van der Waals surface area (Å²) in [4.78, 5) is 14.5. The van der Waals surface area contributed by atoms with E-state index in [0.717, 1.165) is 18.6 Å². The average Bonchev–Trinajstić information content (AvgIpc) is 2.88. The van der Waals surface area contributed by atoms with Crippen LogP contribution in [-0.2, 0) is 6.67 Å². The van der Waals surface area contributed by atoms with E-state index in [-0.39, 0.29) is 17.4 Å². The number of halogens is 3. The molecule has 0 bridgehead atoms. The van der Waals surface area contributed by atoms with Crippen LogP contribution in [-0.4, -0.2) is 30.2 Å². The Kier molecular flexibility index (Phi) is 6.01. The third-order valence-corrected chi connectivity index (χ3v) is 4.71. The number of alkyl halides is 1. The van der Waals surface area contributed by atoms with Crippen molar-refractivity contribution in [3.8, 4) is 0 Å². The predicted molar refractivity (Wildman–Crippen MR) is 97.6 cm³/mol. The van der Waals surface area contributed by atoms with Crippen LogP contribution in [0.1, 0.15) is 35.2 Å². The molecule has 1 amide bonds. The number of anilines is 2. The molecule has 144 valence electrons. The summed E-state index contributed by atoms with van der Waals surface area (Å²) in [6, 6.07) is 7.76. The lowest BCUT2D eigenvalue weighted by molar-refractivity contribution is 0.102. The molecule has 1 atom stereocenters. The molecule has 0 radical (unpaired) electrons. The Balaban J connectivity index is 1.83. The summed E-state index contributed by atoms with van der Waals surface area (Å²) >= 11 is 0. The van der Waals surface area contributed by atoms with Crippen molar-refractivity contribution in [2.75, 3.05) is 23.3 Å². The second kappa shape index (κ2) is 8.43. The lowest BCUT2D eigenvalue weighted by Crippen LogP contribution is -2.26. The largest absolute Gasteiger partial charge is 0.393 e. The van der Waals surface area contributed by atoms with E-state index in [1.54, 1.807) is 12.1 Å². The van der Waals surface area contributed by atoms with E-state index in [2.05, 4.69) is 5.32 Å². The van der Waals surface area contributed by atoms with Gasteiger partial charge in [0.25, 0.3) is 5.91 Å². The van der Waals surface area contributed by atoms with Gasteiger partial charge in [-0.15, -0.1) is 0 Å². The zero-order chi connectivity index (χ0) is 19.4. The standard InChI is InChI=1S/C20H21F3N2O2/c21-12-14-4-3-13(10-19(14)25-8-1-2-16(26)7-9-25)20(27)24-15-5-6-17(22)18(23)11-15/h3-6,10-11,16,26H,1-2,7-9,12H2,(H,24,27). The fourth-order valence-electron chi connectivity index (χ4n) is 3.21. The van der Waals surface area contributed by atoms with Crippen LogP contribution in [0.2, 0.25) is 0 Å². The molecule has 1 fully saturated rings. The highest BCUT2D eigenvalue weighted by atomic mass is 19.2. The van der Waals surface area contributed by atoms with E-state index in [0.29, 0.717) is 37.2 Å². The Bertz CT molecular complexity index is 829. The van der Waals surface area contributed by atoms with E-state index < -0.39 is 24.2 Å². The third-order valence-electron chi connectivity index (χ3n) is 4.71. The Hall–Kier alpha value is -2.54. The number of benzene rings is 2. The number of hydrogen-bond donors (Lipinski definition) is 2. The van der Waals surface area contributed by atoms with Gasteiger partial charge in [-0.3, -0.25) is 4.79 Å². The fourth-order valence-corrected chi connectivity index (χ4v) is 3.21. The molecule has 4 nitrogen and oxygen atoms in total. The maximum atomic E-state index is 13.4. The minimum absolute atomic E-state index is 0.132. The van der Waals surface area contributed by atoms with Crippen LogP contribution in [0.25, 0.3) is 0 Å². The number of amides is 1. The van der Waals surface area contributed by atoms with Crippen molar-refractivity contribution in [1.82, 2.24) is 0 Å². The first-order valence-electron chi connectivity index (χ1n) is 8.86. The van der Waals surface area contributed by atoms with Crippen molar-refractivity contribution in [1.29, 1.82) is 0 Å². The summed E-state index contributed by atoms with van der Waals surface area (Å²) in [6.45, 7) is 0.570. The maximum Gasteiger partial charge on any atom is 0.255 e. The Labute approximate surface area is 155 Å². The number of nitrogens with one attached hydrogen (secondary N) is 1. The number of carbonyl (C=O) groups is 1. The van der Waals surface area contributed by atoms with Crippen LogP contribution >= 0.6 is 0 Å². The molecule has 2 N–H and O–H groups in total. The molecule has 0 saturated carbocycles. The topological polar surface area (TPSA) is 52.6 Å². The van der Waals surface area contributed by atoms with Gasteiger partial charge < -0.3 is 15.3 Å². The van der Waals surface area contributed by atoms with Gasteiger partial charge in [0.05, 0.1) is 6.10 Å². The highest BCUT2D eigenvalue weighted by Crippen LogP contribution is 2.27. The molecule has 2 aromatic carbocycles. The minimum atomic E-state index is -1.05. The molecule has 27 heavy (non-hydrogen) atoms. The lowest BCUT2D eigenvalue weighted by atomic mass is 10.1. The number of aliphatic hydroxyl groups excluding tert-OH is 1. The van der Waals surface area contributed by atoms with Gasteiger partial charge in [-0.2, -0.15) is 0 Å². The van der Waals surface area contributed by atoms with Gasteiger partial charge in [0, 0.05) is 41.7 Å². The predicted octanol–water partition coefficient (Wildman–Crippen LogP) is 4.04. The van der Waals surface area contributed by atoms with E-state index in [9.17, 15) is 23.1 Å². The molecule has 2 aromatic rings. The first-order valence-corrected chi connectivity index (χ1v) is 8.86. The molecule has 1 saturated heterocycles. The smallest absolute Gasteiger partial charge is 0.255 e. The van der Waals surface area contributed by atoms with Gasteiger partial charge in [-0.25, -0.2) is 13.2 Å². The first-order chi connectivity index (χ1) is 13.0. The molecule has 1 aliphatic heterocycles. The van der Waals surface area contributed by atoms with E-state index >= 15 is 0 Å². The molecular formula is C20H21F3N2O2. The lowest BCUT2D eigenvalue weighted by Gasteiger charge is -2.25. The Morgan fingerprint density at radius 3 is 2.67 bits per heavy atom. The highest BCUT2D eigenvalue weighted by molar-refractivity contribution is 6.05. The summed E-state index contributed by atoms with van der Waals surface area (Å²) in [7, 11) is 0. The van der Waals surface area contributed by atoms with Crippen molar-refractivity contribution in [2.24, 2.45) is 0 Å². The normalized spacial score (nSPS) is 17.5. The van der Waals surface area contributed by atoms with Crippen LogP contribution < -0.4 is 10.2 Å². The average molecular weight is 378 g/mol. The monoisotopic (exact) mass is 378 g/mol. The van der Waals surface area contributed by atoms with Crippen molar-refractivity contribution < 1.29 is 23.1 Å². The minimum Gasteiger partial charge on any atom is -0.393 e. The first kappa shape index (κ1) is 19.2. The summed E-state index contributed by atoms with van der Waals surface area (Å²) in [5, 5.41) is 12.3. The van der Waals surface area contributed by atoms with Gasteiger partial charge >= 0.3 is 0 Å². The number of rotatable bonds is 4. The Morgan fingerprint density at radius 1 is 1.11 bits per heavy atom. The van der Waals surface area contributed by atoms with Crippen LogP contribution in [0.5, 0.6) is 0 Å². The zero-order valence-corrected chi connectivity index (χ0v) is 14.7. The van der Waals surface area contributed by atoms with Gasteiger partial charge in [-0.1, -0.05) is 6.07 Å². The highest BCUT2D eigenvalue weighted by Gasteiger charge is 2.19. The quantitative estimate of drug-likeness (QED) is 0.844. The number of nitrogens with zero attached hydrogens (tertiary/aromatic N) is 1. The molecule has 1 unspecified atom stereocenters. The summed E-state index contributed by atoms with van der Waals surface area (Å²) < 4.78 is 39.8. The molecular weight excluding hydrogens is 357 g/mol. The van der Waals surface area contributed by atoms with Crippen molar-refractivity contribution in [3.05, 3.63) is 59.2 Å². The van der Waals surface area contributed by atoms with E-state index in [4.69, 9.17) is 0 Å². The number of carbonyl (C=O) groups excluding carboxylic acids is 1. The second-order valence-electron chi connectivity index (χ2n) is 6.63. The van der Waals surface area contributed by atoms with Gasteiger partial charge in [0.2, 0.25) is 0 Å². The van der Waals surface area contributed by atoms with Gasteiger partial charge in [0.1, 0.15) is 6.67 Å². The van der Waals surface area contributed by atoms with Gasteiger partial charge in [-0.05, 0) is 43.5 Å². The summed E-state index contributed by atoms with van der Waals surface area (Å²) in [6.07, 6.45) is 1.68. The molecule has 0 aliphatic carbocycles. The number of hydrogen-bond acceptors (Lipinski definition) is 3.